The number of ether oxygens (including phenoxy) is 4. The Morgan fingerprint density at radius 1 is 0.793 bits per heavy atom. The molecule has 0 amide bonds. The minimum atomic E-state index is -2.35. The molecule has 0 aliphatic carbocycles. The maximum atomic E-state index is 6.78. The summed E-state index contributed by atoms with van der Waals surface area (Å²) in [4.78, 5) is 0. The molecule has 0 aromatic carbocycles. The van der Waals surface area contributed by atoms with E-state index in [9.17, 15) is 0 Å². The van der Waals surface area contributed by atoms with Gasteiger partial charge in [-0.25, -0.2) is 0 Å². The average Bonchev–Trinajstić information content (AvgIpc) is 3.48. The summed E-state index contributed by atoms with van der Waals surface area (Å²) in [6.07, 6.45) is 4.85. The first-order valence-electron chi connectivity index (χ1n) is 11.1. The third-order valence-corrected chi connectivity index (χ3v) is 16.7. The first-order chi connectivity index (χ1) is 13.6. The highest BCUT2D eigenvalue weighted by Gasteiger charge is 2.41. The highest BCUT2D eigenvalue weighted by atomic mass is 28.5. The Balaban J connectivity index is 1.73. The molecule has 0 aromatic rings. The van der Waals surface area contributed by atoms with Crippen molar-refractivity contribution in [2.45, 2.75) is 76.8 Å². The molecule has 9 heteroatoms. The van der Waals surface area contributed by atoms with Gasteiger partial charge in [-0.1, -0.05) is 6.08 Å². The summed E-state index contributed by atoms with van der Waals surface area (Å²) in [5.41, 5.74) is 2.21. The molecule has 0 aromatic heterocycles. The van der Waals surface area contributed by atoms with E-state index >= 15 is 0 Å². The maximum absolute atomic E-state index is 6.78. The largest absolute Gasteiger partial charge is 0.433 e. The lowest BCUT2D eigenvalue weighted by Crippen LogP contribution is -2.53. The van der Waals surface area contributed by atoms with E-state index in [1.807, 2.05) is 0 Å². The summed E-state index contributed by atoms with van der Waals surface area (Å²) < 4.78 is 35.3. The topological polar surface area (TPSA) is 62.0 Å². The maximum Gasteiger partial charge on any atom is 0.340 e. The second-order valence-electron chi connectivity index (χ2n) is 9.51. The van der Waals surface area contributed by atoms with Crippen molar-refractivity contribution in [1.82, 2.24) is 0 Å². The number of rotatable bonds is 17. The lowest BCUT2D eigenvalue weighted by Gasteiger charge is -2.39. The van der Waals surface area contributed by atoms with Gasteiger partial charge >= 0.3 is 8.56 Å². The molecule has 2 aliphatic heterocycles. The van der Waals surface area contributed by atoms with Gasteiger partial charge in [0, 0.05) is 13.2 Å². The summed E-state index contributed by atoms with van der Waals surface area (Å²) in [6.45, 7) is 18.2. The van der Waals surface area contributed by atoms with Gasteiger partial charge < -0.3 is 27.2 Å². The van der Waals surface area contributed by atoms with Crippen LogP contribution in [-0.4, -0.2) is 77.0 Å². The molecule has 2 aliphatic rings. The van der Waals surface area contributed by atoms with Gasteiger partial charge in [-0.3, -0.25) is 0 Å². The lowest BCUT2D eigenvalue weighted by atomic mass is 10.5. The van der Waals surface area contributed by atoms with Gasteiger partial charge in [-0.15, -0.1) is 0 Å². The van der Waals surface area contributed by atoms with E-state index in [1.165, 1.54) is 0 Å². The van der Waals surface area contributed by atoms with Crippen LogP contribution in [-0.2, 0) is 27.2 Å². The van der Waals surface area contributed by atoms with Crippen LogP contribution in [0.4, 0.5) is 0 Å². The van der Waals surface area contributed by atoms with Crippen molar-refractivity contribution >= 4 is 25.2 Å². The molecule has 0 spiro atoms. The standard InChI is InChI=1S/C20H42O6Si3/c1-7-12-29(6,25-27(2,3)13-8-10-21-15-19-17-23-19)26-28(4,5)14-9-11-22-16-20-18-24-20/h7,12,19-20H,8-11,13-18H2,1-6H3/b12-7+. The molecule has 0 saturated carbocycles. The number of allylic oxidation sites excluding steroid dienone is 1. The number of epoxide rings is 2. The summed E-state index contributed by atoms with van der Waals surface area (Å²) in [6, 6.07) is 2.17. The normalized spacial score (nSPS) is 24.1. The van der Waals surface area contributed by atoms with Gasteiger partial charge in [0.1, 0.15) is 12.2 Å². The summed E-state index contributed by atoms with van der Waals surface area (Å²) in [5.74, 6) is 0. The van der Waals surface area contributed by atoms with Crippen LogP contribution in [0.15, 0.2) is 11.8 Å². The Kier molecular flexibility index (Phi) is 10.2. The summed E-state index contributed by atoms with van der Waals surface area (Å²) >= 11 is 0. The smallest absolute Gasteiger partial charge is 0.340 e. The van der Waals surface area contributed by atoms with Crippen LogP contribution in [0.3, 0.4) is 0 Å². The molecule has 0 radical (unpaired) electrons. The Morgan fingerprint density at radius 2 is 1.21 bits per heavy atom. The van der Waals surface area contributed by atoms with Crippen LogP contribution < -0.4 is 0 Å². The van der Waals surface area contributed by atoms with Crippen molar-refractivity contribution in [2.24, 2.45) is 0 Å². The van der Waals surface area contributed by atoms with Crippen LogP contribution in [0.5, 0.6) is 0 Å². The van der Waals surface area contributed by atoms with Gasteiger partial charge in [0.05, 0.1) is 26.4 Å². The zero-order valence-corrected chi connectivity index (χ0v) is 22.3. The van der Waals surface area contributed by atoms with Gasteiger partial charge in [-0.2, -0.15) is 0 Å². The molecule has 2 heterocycles. The van der Waals surface area contributed by atoms with E-state index in [0.717, 1.165) is 64.6 Å². The third-order valence-electron chi connectivity index (χ3n) is 4.97. The van der Waals surface area contributed by atoms with Crippen LogP contribution in [0.1, 0.15) is 19.8 Å². The van der Waals surface area contributed by atoms with Crippen LogP contribution in [0.25, 0.3) is 0 Å². The minimum Gasteiger partial charge on any atom is -0.433 e. The Hall–Kier alpha value is 0.151. The van der Waals surface area contributed by atoms with Crippen molar-refractivity contribution in [1.29, 1.82) is 0 Å². The predicted octanol–water partition coefficient (Wildman–Crippen LogP) is 4.23. The van der Waals surface area contributed by atoms with Gasteiger partial charge in [0.15, 0.2) is 16.6 Å². The SMILES string of the molecule is C/C=C/[Si](C)(O[Si](C)(C)CCCOCC1CO1)O[Si](C)(C)CCCOCC1CO1. The molecule has 2 unspecified atom stereocenters. The lowest BCUT2D eigenvalue weighted by molar-refractivity contribution is 0.116. The van der Waals surface area contributed by atoms with Gasteiger partial charge in [0.2, 0.25) is 0 Å². The number of hydrogen-bond acceptors (Lipinski definition) is 6. The van der Waals surface area contributed by atoms with Crippen molar-refractivity contribution < 1.29 is 27.2 Å². The number of hydrogen-bond donors (Lipinski definition) is 0. The summed E-state index contributed by atoms with van der Waals surface area (Å²) in [7, 11) is -6.01. The van der Waals surface area contributed by atoms with Crippen LogP contribution >= 0.6 is 0 Å². The molecule has 2 fully saturated rings. The van der Waals surface area contributed by atoms with Gasteiger partial charge in [0.25, 0.3) is 0 Å². The fourth-order valence-electron chi connectivity index (χ4n) is 3.55. The molecule has 29 heavy (non-hydrogen) atoms. The van der Waals surface area contributed by atoms with Crippen molar-refractivity contribution in [3.05, 3.63) is 11.8 Å². The Bertz CT molecular complexity index is 470. The van der Waals surface area contributed by atoms with Crippen LogP contribution in [0.2, 0.25) is 44.8 Å². The van der Waals surface area contributed by atoms with Crippen molar-refractivity contribution in [3.63, 3.8) is 0 Å². The van der Waals surface area contributed by atoms with Crippen LogP contribution in [0, 0.1) is 0 Å². The highest BCUT2D eigenvalue weighted by molar-refractivity contribution is 6.90. The first kappa shape index (κ1) is 25.4. The van der Waals surface area contributed by atoms with E-state index in [1.54, 1.807) is 0 Å². The van der Waals surface area contributed by atoms with Gasteiger partial charge in [-0.05, 0) is 70.3 Å². The predicted molar refractivity (Wildman–Crippen MR) is 124 cm³/mol. The third kappa shape index (κ3) is 11.9. The molecule has 0 N–H and O–H groups in total. The molecule has 2 rings (SSSR count). The van der Waals surface area contributed by atoms with E-state index in [4.69, 9.17) is 27.2 Å². The first-order valence-corrected chi connectivity index (χ1v) is 19.7. The fraction of sp³-hybridized carbons (Fsp3) is 0.900. The molecular formula is C20H42O6Si3. The van der Waals surface area contributed by atoms with E-state index < -0.39 is 25.2 Å². The average molecular weight is 463 g/mol. The molecule has 0 bridgehead atoms. The van der Waals surface area contributed by atoms with Crippen molar-refractivity contribution in [3.8, 4) is 0 Å². The van der Waals surface area contributed by atoms with Crippen molar-refractivity contribution in [2.75, 3.05) is 39.6 Å². The Morgan fingerprint density at radius 3 is 1.55 bits per heavy atom. The molecule has 2 saturated heterocycles. The molecular weight excluding hydrogens is 420 g/mol. The molecule has 170 valence electrons. The fourth-order valence-corrected chi connectivity index (χ4v) is 16.8. The van der Waals surface area contributed by atoms with E-state index in [2.05, 4.69) is 51.4 Å². The van der Waals surface area contributed by atoms with E-state index in [-0.39, 0.29) is 0 Å². The van der Waals surface area contributed by atoms with E-state index in [0.29, 0.717) is 12.2 Å². The zero-order valence-electron chi connectivity index (χ0n) is 19.3. The second-order valence-corrected chi connectivity index (χ2v) is 21.5. The quantitative estimate of drug-likeness (QED) is 0.183. The minimum absolute atomic E-state index is 0.343. The molecule has 6 nitrogen and oxygen atoms in total. The second kappa shape index (κ2) is 11.7. The monoisotopic (exact) mass is 462 g/mol. The molecule has 2 atom stereocenters. The zero-order chi connectivity index (χ0) is 21.4. The Labute approximate surface area is 180 Å². The highest BCUT2D eigenvalue weighted by Crippen LogP contribution is 2.27. The summed E-state index contributed by atoms with van der Waals surface area (Å²) in [5, 5.41) is 0.